The molecule has 2 aromatic rings. The zero-order valence-corrected chi connectivity index (χ0v) is 11.4. The summed E-state index contributed by atoms with van der Waals surface area (Å²) in [6.45, 7) is 1.15. The third-order valence-corrected chi connectivity index (χ3v) is 3.02. The maximum absolute atomic E-state index is 6.11. The van der Waals surface area contributed by atoms with Crippen molar-refractivity contribution in [3.8, 4) is 5.75 Å². The summed E-state index contributed by atoms with van der Waals surface area (Å²) in [4.78, 5) is 4.31. The fourth-order valence-electron chi connectivity index (χ4n) is 1.72. The summed E-state index contributed by atoms with van der Waals surface area (Å²) in [5.74, 6) is 0.613. The predicted octanol–water partition coefficient (Wildman–Crippen LogP) is 3.21. The molecule has 1 aromatic heterocycles. The number of aryl methyl sites for hydroxylation is 1. The van der Waals surface area contributed by atoms with Gasteiger partial charge in [0.1, 0.15) is 6.61 Å². The van der Waals surface area contributed by atoms with Crippen molar-refractivity contribution in [1.82, 2.24) is 4.98 Å². The summed E-state index contributed by atoms with van der Waals surface area (Å²) in [5, 5.41) is 0.408. The van der Waals surface area contributed by atoms with Gasteiger partial charge < -0.3 is 10.5 Å². The van der Waals surface area contributed by atoms with E-state index in [-0.39, 0.29) is 0 Å². The Hall–Kier alpha value is -1.58. The molecule has 0 aliphatic carbocycles. The van der Waals surface area contributed by atoms with Gasteiger partial charge in [0.05, 0.1) is 0 Å². The van der Waals surface area contributed by atoms with Crippen LogP contribution in [0.4, 0.5) is 0 Å². The maximum Gasteiger partial charge on any atom is 0.171 e. The summed E-state index contributed by atoms with van der Waals surface area (Å²) in [5.41, 5.74) is 7.52. The molecule has 0 aliphatic heterocycles. The highest BCUT2D eigenvalue weighted by molar-refractivity contribution is 6.30. The Morgan fingerprint density at radius 1 is 1.11 bits per heavy atom. The van der Waals surface area contributed by atoms with Gasteiger partial charge in [-0.2, -0.15) is 0 Å². The van der Waals surface area contributed by atoms with Crippen LogP contribution in [0.25, 0.3) is 0 Å². The minimum absolute atomic E-state index is 0.408. The van der Waals surface area contributed by atoms with Crippen LogP contribution in [-0.4, -0.2) is 11.5 Å². The maximum atomic E-state index is 6.11. The fourth-order valence-corrected chi connectivity index (χ4v) is 1.95. The third kappa shape index (κ3) is 4.23. The molecule has 0 spiro atoms. The zero-order chi connectivity index (χ0) is 13.5. The van der Waals surface area contributed by atoms with E-state index in [2.05, 4.69) is 4.98 Å². The van der Waals surface area contributed by atoms with Crippen molar-refractivity contribution in [3.05, 3.63) is 58.9 Å². The van der Waals surface area contributed by atoms with Crippen LogP contribution in [0, 0.1) is 0 Å². The van der Waals surface area contributed by atoms with Gasteiger partial charge in [-0.3, -0.25) is 0 Å². The second kappa shape index (κ2) is 7.12. The number of nitrogens with zero attached hydrogens (tertiary/aromatic N) is 1. The van der Waals surface area contributed by atoms with Crippen LogP contribution in [0.2, 0.25) is 5.15 Å². The molecule has 19 heavy (non-hydrogen) atoms. The molecule has 1 heterocycles. The van der Waals surface area contributed by atoms with Crippen LogP contribution in [0.3, 0.4) is 0 Å². The topological polar surface area (TPSA) is 48.1 Å². The average Bonchev–Trinajstić information content (AvgIpc) is 2.45. The minimum atomic E-state index is 0.408. The molecule has 0 saturated heterocycles. The van der Waals surface area contributed by atoms with E-state index in [0.717, 1.165) is 24.1 Å². The number of hydrogen-bond donors (Lipinski definition) is 1. The van der Waals surface area contributed by atoms with Gasteiger partial charge in [-0.05, 0) is 37.1 Å². The Morgan fingerprint density at radius 3 is 2.58 bits per heavy atom. The molecule has 2 N–H and O–H groups in total. The normalized spacial score (nSPS) is 10.4. The molecule has 1 aromatic carbocycles. The number of rotatable bonds is 6. The van der Waals surface area contributed by atoms with E-state index in [9.17, 15) is 0 Å². The molecule has 2 rings (SSSR count). The number of ether oxygens (including phenoxy) is 1. The first-order valence-electron chi connectivity index (χ1n) is 6.32. The standard InChI is InChI=1S/C15H17ClN2O/c16-15-14(9-8-13(18-15)7-4-10-17)19-11-12-5-2-1-3-6-12/h1-3,5-6,8-9H,4,7,10-11,17H2. The molecule has 0 atom stereocenters. The molecule has 0 unspecified atom stereocenters. The molecule has 0 amide bonds. The van der Waals surface area contributed by atoms with Crippen molar-refractivity contribution in [2.45, 2.75) is 19.4 Å². The van der Waals surface area contributed by atoms with Crippen molar-refractivity contribution >= 4 is 11.6 Å². The monoisotopic (exact) mass is 276 g/mol. The average molecular weight is 277 g/mol. The SMILES string of the molecule is NCCCc1ccc(OCc2ccccc2)c(Cl)n1. The summed E-state index contributed by atoms with van der Waals surface area (Å²) < 4.78 is 5.66. The zero-order valence-electron chi connectivity index (χ0n) is 10.7. The van der Waals surface area contributed by atoms with Gasteiger partial charge in [0.2, 0.25) is 0 Å². The van der Waals surface area contributed by atoms with Crippen LogP contribution in [0.1, 0.15) is 17.7 Å². The van der Waals surface area contributed by atoms with Gasteiger partial charge in [-0.1, -0.05) is 41.9 Å². The van der Waals surface area contributed by atoms with E-state index in [1.54, 1.807) is 0 Å². The van der Waals surface area contributed by atoms with Gasteiger partial charge in [-0.25, -0.2) is 4.98 Å². The molecule has 3 nitrogen and oxygen atoms in total. The molecule has 100 valence electrons. The molecule has 0 aliphatic rings. The van der Waals surface area contributed by atoms with Crippen molar-refractivity contribution in [3.63, 3.8) is 0 Å². The molecular formula is C15H17ClN2O. The Balaban J connectivity index is 1.97. The smallest absolute Gasteiger partial charge is 0.171 e. The molecule has 4 heteroatoms. The summed E-state index contributed by atoms with van der Waals surface area (Å²) in [6.07, 6.45) is 1.75. The van der Waals surface area contributed by atoms with Crippen LogP contribution in [0.15, 0.2) is 42.5 Å². The van der Waals surface area contributed by atoms with E-state index >= 15 is 0 Å². The van der Waals surface area contributed by atoms with Crippen LogP contribution >= 0.6 is 11.6 Å². The first kappa shape index (κ1) is 13.8. The number of pyridine rings is 1. The van der Waals surface area contributed by atoms with E-state index < -0.39 is 0 Å². The lowest BCUT2D eigenvalue weighted by atomic mass is 10.2. The molecular weight excluding hydrogens is 260 g/mol. The number of aromatic nitrogens is 1. The summed E-state index contributed by atoms with van der Waals surface area (Å²) >= 11 is 6.11. The van der Waals surface area contributed by atoms with Crippen LogP contribution in [-0.2, 0) is 13.0 Å². The van der Waals surface area contributed by atoms with E-state index in [4.69, 9.17) is 22.1 Å². The van der Waals surface area contributed by atoms with Gasteiger partial charge in [-0.15, -0.1) is 0 Å². The Kier molecular flexibility index (Phi) is 5.19. The highest BCUT2D eigenvalue weighted by Crippen LogP contribution is 2.23. The van der Waals surface area contributed by atoms with Crippen molar-refractivity contribution in [1.29, 1.82) is 0 Å². The number of nitrogens with two attached hydrogens (primary N) is 1. The molecule has 0 saturated carbocycles. The number of benzene rings is 1. The Labute approximate surface area is 118 Å². The number of hydrogen-bond acceptors (Lipinski definition) is 3. The van der Waals surface area contributed by atoms with Gasteiger partial charge in [0.15, 0.2) is 10.9 Å². The van der Waals surface area contributed by atoms with E-state index in [1.165, 1.54) is 0 Å². The third-order valence-electron chi connectivity index (χ3n) is 2.75. The first-order valence-corrected chi connectivity index (χ1v) is 6.69. The van der Waals surface area contributed by atoms with Gasteiger partial charge in [0, 0.05) is 5.69 Å². The second-order valence-electron chi connectivity index (χ2n) is 4.26. The highest BCUT2D eigenvalue weighted by atomic mass is 35.5. The lowest BCUT2D eigenvalue weighted by Gasteiger charge is -2.08. The molecule has 0 bridgehead atoms. The van der Waals surface area contributed by atoms with Crippen molar-refractivity contribution < 1.29 is 4.74 Å². The Bertz CT molecular complexity index is 517. The minimum Gasteiger partial charge on any atom is -0.486 e. The second-order valence-corrected chi connectivity index (χ2v) is 4.62. The predicted molar refractivity (Wildman–Crippen MR) is 77.4 cm³/mol. The van der Waals surface area contributed by atoms with Crippen molar-refractivity contribution in [2.75, 3.05) is 6.54 Å². The highest BCUT2D eigenvalue weighted by Gasteiger charge is 2.05. The van der Waals surface area contributed by atoms with Gasteiger partial charge in [0.25, 0.3) is 0 Å². The summed E-state index contributed by atoms with van der Waals surface area (Å²) in [7, 11) is 0. The van der Waals surface area contributed by atoms with E-state index in [1.807, 2.05) is 42.5 Å². The van der Waals surface area contributed by atoms with E-state index in [0.29, 0.717) is 24.1 Å². The van der Waals surface area contributed by atoms with Crippen molar-refractivity contribution in [2.24, 2.45) is 5.73 Å². The molecule has 0 fully saturated rings. The summed E-state index contributed by atoms with van der Waals surface area (Å²) in [6, 6.07) is 13.8. The van der Waals surface area contributed by atoms with Crippen LogP contribution in [0.5, 0.6) is 5.75 Å². The lowest BCUT2D eigenvalue weighted by Crippen LogP contribution is -2.02. The Morgan fingerprint density at radius 2 is 1.89 bits per heavy atom. The largest absolute Gasteiger partial charge is 0.486 e. The quantitative estimate of drug-likeness (QED) is 0.824. The fraction of sp³-hybridized carbons (Fsp3) is 0.267. The number of halogens is 1. The first-order chi connectivity index (χ1) is 9.29. The molecule has 0 radical (unpaired) electrons. The lowest BCUT2D eigenvalue weighted by molar-refractivity contribution is 0.305. The van der Waals surface area contributed by atoms with Gasteiger partial charge >= 0.3 is 0 Å². The van der Waals surface area contributed by atoms with Crippen LogP contribution < -0.4 is 10.5 Å².